The molecule has 0 spiro atoms. The molecule has 0 aliphatic heterocycles. The van der Waals surface area contributed by atoms with Gasteiger partial charge in [0, 0.05) is 24.5 Å². The molecule has 0 radical (unpaired) electrons. The molecule has 3 N–H and O–H groups in total. The van der Waals surface area contributed by atoms with Gasteiger partial charge < -0.3 is 4.98 Å². The van der Waals surface area contributed by atoms with E-state index in [9.17, 15) is 9.59 Å². The van der Waals surface area contributed by atoms with Crippen LogP contribution in [0.3, 0.4) is 0 Å². The third-order valence-corrected chi connectivity index (χ3v) is 4.52. The molecular weight excluding hydrogens is 354 g/mol. The number of H-pyrrole nitrogens is 1. The lowest BCUT2D eigenvalue weighted by Crippen LogP contribution is -2.17. The second-order valence-corrected chi connectivity index (χ2v) is 6.62. The van der Waals surface area contributed by atoms with E-state index in [1.54, 1.807) is 5.48 Å². The van der Waals surface area contributed by atoms with Crippen LogP contribution in [0.15, 0.2) is 65.5 Å². The van der Waals surface area contributed by atoms with Crippen molar-refractivity contribution in [1.29, 1.82) is 0 Å². The first-order chi connectivity index (χ1) is 13.7. The van der Waals surface area contributed by atoms with E-state index in [0.717, 1.165) is 29.5 Å². The van der Waals surface area contributed by atoms with Crippen molar-refractivity contribution in [2.75, 3.05) is 0 Å². The van der Waals surface area contributed by atoms with Crippen LogP contribution in [0, 0.1) is 0 Å². The fourth-order valence-corrected chi connectivity index (χ4v) is 3.05. The van der Waals surface area contributed by atoms with Gasteiger partial charge in [0.25, 0.3) is 5.56 Å². The Balaban J connectivity index is 1.66. The van der Waals surface area contributed by atoms with E-state index in [1.165, 1.54) is 6.07 Å². The van der Waals surface area contributed by atoms with Crippen LogP contribution in [0.25, 0.3) is 22.4 Å². The Kier molecular flexibility index (Phi) is 6.70. The van der Waals surface area contributed by atoms with Gasteiger partial charge >= 0.3 is 0 Å². The number of aromatic amines is 1. The van der Waals surface area contributed by atoms with E-state index in [0.29, 0.717) is 24.4 Å². The first kappa shape index (κ1) is 19.5. The molecule has 0 aliphatic rings. The number of aromatic nitrogens is 2. The second kappa shape index (κ2) is 9.62. The standard InChI is InChI=1S/C22H23N3O3/c26-21(25-28)10-6-2-5-9-20-23-19(15-22(27)24-20)18-13-11-17(12-14-18)16-7-3-1-4-8-16/h1,3-4,7-8,11-15,28H,2,5-6,9-10H2,(H,25,26)(H,23,24,27). The predicted molar refractivity (Wildman–Crippen MR) is 108 cm³/mol. The van der Waals surface area contributed by atoms with Gasteiger partial charge in [-0.15, -0.1) is 0 Å². The highest BCUT2D eigenvalue weighted by Gasteiger charge is 2.06. The van der Waals surface area contributed by atoms with Crippen molar-refractivity contribution in [2.24, 2.45) is 0 Å². The molecule has 2 aromatic carbocycles. The fourth-order valence-electron chi connectivity index (χ4n) is 3.05. The van der Waals surface area contributed by atoms with E-state index in [4.69, 9.17) is 5.21 Å². The first-order valence-corrected chi connectivity index (χ1v) is 9.35. The Morgan fingerprint density at radius 3 is 2.32 bits per heavy atom. The Hall–Kier alpha value is -3.25. The largest absolute Gasteiger partial charge is 0.311 e. The maximum Gasteiger partial charge on any atom is 0.251 e. The van der Waals surface area contributed by atoms with Crippen molar-refractivity contribution >= 4 is 5.91 Å². The number of benzene rings is 2. The summed E-state index contributed by atoms with van der Waals surface area (Å²) in [5, 5.41) is 8.47. The maximum absolute atomic E-state index is 12.0. The van der Waals surface area contributed by atoms with E-state index in [1.807, 2.05) is 42.5 Å². The fraction of sp³-hybridized carbons (Fsp3) is 0.227. The number of rotatable bonds is 8. The molecule has 0 atom stereocenters. The Labute approximate surface area is 163 Å². The summed E-state index contributed by atoms with van der Waals surface area (Å²) in [6.07, 6.45) is 3.21. The molecule has 0 bridgehead atoms. The predicted octanol–water partition coefficient (Wildman–Crippen LogP) is 3.71. The molecule has 0 unspecified atom stereocenters. The lowest BCUT2D eigenvalue weighted by molar-refractivity contribution is -0.129. The molecular formula is C22H23N3O3. The first-order valence-electron chi connectivity index (χ1n) is 9.35. The number of nitrogens with zero attached hydrogens (tertiary/aromatic N) is 1. The van der Waals surface area contributed by atoms with Crippen LogP contribution in [0.4, 0.5) is 0 Å². The number of hydroxylamine groups is 1. The average molecular weight is 377 g/mol. The van der Waals surface area contributed by atoms with E-state index < -0.39 is 0 Å². The van der Waals surface area contributed by atoms with Gasteiger partial charge in [-0.2, -0.15) is 0 Å². The molecule has 1 amide bonds. The third kappa shape index (κ3) is 5.37. The van der Waals surface area contributed by atoms with E-state index in [2.05, 4.69) is 22.1 Å². The monoisotopic (exact) mass is 377 g/mol. The highest BCUT2D eigenvalue weighted by molar-refractivity contribution is 5.74. The highest BCUT2D eigenvalue weighted by atomic mass is 16.5. The molecule has 1 heterocycles. The normalized spacial score (nSPS) is 10.6. The zero-order valence-electron chi connectivity index (χ0n) is 15.5. The molecule has 0 aliphatic carbocycles. The number of hydrogen-bond donors (Lipinski definition) is 3. The van der Waals surface area contributed by atoms with Crippen LogP contribution in [0.5, 0.6) is 0 Å². The molecule has 6 nitrogen and oxygen atoms in total. The summed E-state index contributed by atoms with van der Waals surface area (Å²) in [4.78, 5) is 30.4. The number of nitrogens with one attached hydrogen (secondary N) is 2. The minimum Gasteiger partial charge on any atom is -0.311 e. The van der Waals surface area contributed by atoms with E-state index in [-0.39, 0.29) is 17.9 Å². The molecule has 3 rings (SSSR count). The Morgan fingerprint density at radius 1 is 0.929 bits per heavy atom. The van der Waals surface area contributed by atoms with Crippen molar-refractivity contribution in [3.8, 4) is 22.4 Å². The number of aryl methyl sites for hydroxylation is 1. The Bertz CT molecular complexity index is 966. The lowest BCUT2D eigenvalue weighted by atomic mass is 10.0. The number of amides is 1. The quantitative estimate of drug-likeness (QED) is 0.317. The lowest BCUT2D eigenvalue weighted by Gasteiger charge is -2.06. The van der Waals surface area contributed by atoms with Gasteiger partial charge in [-0.1, -0.05) is 61.0 Å². The van der Waals surface area contributed by atoms with Crippen LogP contribution in [0.1, 0.15) is 31.5 Å². The van der Waals surface area contributed by atoms with Gasteiger partial charge in [0.05, 0.1) is 5.69 Å². The van der Waals surface area contributed by atoms with Crippen LogP contribution in [-0.2, 0) is 11.2 Å². The van der Waals surface area contributed by atoms with Gasteiger partial charge in [-0.3, -0.25) is 14.8 Å². The zero-order valence-corrected chi connectivity index (χ0v) is 15.5. The van der Waals surface area contributed by atoms with Gasteiger partial charge in [0.1, 0.15) is 5.82 Å². The molecule has 28 heavy (non-hydrogen) atoms. The molecule has 6 heteroatoms. The number of carbonyl (C=O) groups excluding carboxylic acids is 1. The van der Waals surface area contributed by atoms with Crippen molar-refractivity contribution in [3.63, 3.8) is 0 Å². The summed E-state index contributed by atoms with van der Waals surface area (Å²) in [5.74, 6) is 0.258. The summed E-state index contributed by atoms with van der Waals surface area (Å²) in [6, 6.07) is 19.6. The van der Waals surface area contributed by atoms with Gasteiger partial charge in [-0.25, -0.2) is 10.5 Å². The smallest absolute Gasteiger partial charge is 0.251 e. The molecule has 0 saturated heterocycles. The number of carbonyl (C=O) groups is 1. The molecule has 0 fully saturated rings. The van der Waals surface area contributed by atoms with Crippen LogP contribution >= 0.6 is 0 Å². The summed E-state index contributed by atoms with van der Waals surface area (Å²) in [6.45, 7) is 0. The van der Waals surface area contributed by atoms with E-state index >= 15 is 0 Å². The summed E-state index contributed by atoms with van der Waals surface area (Å²) < 4.78 is 0. The average Bonchev–Trinajstić information content (AvgIpc) is 2.73. The topological polar surface area (TPSA) is 95.1 Å². The minimum atomic E-state index is -0.382. The highest BCUT2D eigenvalue weighted by Crippen LogP contribution is 2.23. The number of hydrogen-bond acceptors (Lipinski definition) is 4. The molecule has 0 saturated carbocycles. The van der Waals surface area contributed by atoms with Crippen LogP contribution < -0.4 is 11.0 Å². The van der Waals surface area contributed by atoms with Crippen LogP contribution in [0.2, 0.25) is 0 Å². The Morgan fingerprint density at radius 2 is 1.61 bits per heavy atom. The van der Waals surface area contributed by atoms with Crippen LogP contribution in [-0.4, -0.2) is 21.1 Å². The minimum absolute atomic E-state index is 0.174. The third-order valence-electron chi connectivity index (χ3n) is 4.52. The SMILES string of the molecule is O=C(CCCCCc1nc(-c2ccc(-c3ccccc3)cc2)cc(=O)[nH]1)NO. The maximum atomic E-state index is 12.0. The molecule has 3 aromatic rings. The van der Waals surface area contributed by atoms with Gasteiger partial charge in [0.2, 0.25) is 5.91 Å². The summed E-state index contributed by atoms with van der Waals surface area (Å²) in [7, 11) is 0. The summed E-state index contributed by atoms with van der Waals surface area (Å²) >= 11 is 0. The second-order valence-electron chi connectivity index (χ2n) is 6.62. The van der Waals surface area contributed by atoms with Gasteiger partial charge in [-0.05, 0) is 24.0 Å². The van der Waals surface area contributed by atoms with Crippen molar-refractivity contribution in [2.45, 2.75) is 32.1 Å². The zero-order chi connectivity index (χ0) is 19.8. The summed E-state index contributed by atoms with van der Waals surface area (Å²) in [5.41, 5.74) is 5.25. The van der Waals surface area contributed by atoms with Gasteiger partial charge in [0.15, 0.2) is 0 Å². The molecule has 144 valence electrons. The van der Waals surface area contributed by atoms with Crippen molar-refractivity contribution < 1.29 is 10.0 Å². The van der Waals surface area contributed by atoms with Crippen molar-refractivity contribution in [3.05, 3.63) is 76.8 Å². The molecule has 1 aromatic heterocycles. The number of unbranched alkanes of at least 4 members (excludes halogenated alkanes) is 2. The van der Waals surface area contributed by atoms with Crippen molar-refractivity contribution in [1.82, 2.24) is 15.4 Å².